The maximum absolute atomic E-state index is 13.6. The van der Waals surface area contributed by atoms with Crippen LogP contribution in [-0.4, -0.2) is 41.1 Å². The Morgan fingerprint density at radius 3 is 2.52 bits per heavy atom. The Bertz CT molecular complexity index is 789. The summed E-state index contributed by atoms with van der Waals surface area (Å²) in [6.07, 6.45) is 5.77. The fourth-order valence-electron chi connectivity index (χ4n) is 8.14. The quantitative estimate of drug-likeness (QED) is 0.407. The summed E-state index contributed by atoms with van der Waals surface area (Å²) in [5, 5.41) is 10.2. The molecule has 0 aromatic rings. The number of aliphatic hydroxyl groups excluding tert-OH is 1. The molecule has 4 rings (SSSR count). The molecule has 1 N–H and O–H groups in total. The summed E-state index contributed by atoms with van der Waals surface area (Å²) < 4.78 is 4.74. The first-order valence-electron chi connectivity index (χ1n) is 12.0. The van der Waals surface area contributed by atoms with Crippen molar-refractivity contribution in [3.63, 3.8) is 0 Å². The number of esters is 1. The molecule has 4 saturated carbocycles. The van der Waals surface area contributed by atoms with Crippen molar-refractivity contribution in [3.8, 4) is 0 Å². The number of rotatable bonds is 5. The Labute approximate surface area is 184 Å². The third-order valence-corrected chi connectivity index (χ3v) is 9.55. The van der Waals surface area contributed by atoms with Crippen LogP contribution in [0.25, 0.3) is 0 Å². The number of hydrogen-bond acceptors (Lipinski definition) is 6. The van der Waals surface area contributed by atoms with Crippen molar-refractivity contribution in [1.82, 2.24) is 0 Å². The second kappa shape index (κ2) is 8.09. The first-order chi connectivity index (χ1) is 14.6. The molecule has 4 fully saturated rings. The van der Waals surface area contributed by atoms with Crippen LogP contribution in [0.15, 0.2) is 0 Å². The molecule has 0 bridgehead atoms. The van der Waals surface area contributed by atoms with Gasteiger partial charge in [-0.25, -0.2) is 4.79 Å². The minimum absolute atomic E-state index is 0.0202. The molecule has 6 heteroatoms. The lowest BCUT2D eigenvalue weighted by molar-refractivity contribution is -0.163. The normalized spacial score (nSPS) is 44.1. The average Bonchev–Trinajstić information content (AvgIpc) is 3.05. The van der Waals surface area contributed by atoms with Gasteiger partial charge in [0.15, 0.2) is 0 Å². The van der Waals surface area contributed by atoms with Crippen LogP contribution in [0.3, 0.4) is 0 Å². The number of carbonyl (C=O) groups excluding carboxylic acids is 4. The SMILES string of the molecule is CCOC(=O)C(=O)CC(=O)[C@H]1CC[C@H]2[C@@H]3CC[C@H]4C[C@H](O)CC[C@]4(C)[C@H]3C(=O)C[C@]12C. The van der Waals surface area contributed by atoms with E-state index in [1.165, 1.54) is 0 Å². The van der Waals surface area contributed by atoms with E-state index in [4.69, 9.17) is 4.74 Å². The monoisotopic (exact) mass is 432 g/mol. The third kappa shape index (κ3) is 3.59. The van der Waals surface area contributed by atoms with Crippen LogP contribution < -0.4 is 0 Å². The van der Waals surface area contributed by atoms with Gasteiger partial charge in [-0.3, -0.25) is 14.4 Å². The van der Waals surface area contributed by atoms with E-state index in [-0.39, 0.29) is 47.4 Å². The van der Waals surface area contributed by atoms with Crippen molar-refractivity contribution >= 4 is 23.3 Å². The molecule has 6 nitrogen and oxygen atoms in total. The average molecular weight is 433 g/mol. The zero-order valence-electron chi connectivity index (χ0n) is 19.0. The maximum atomic E-state index is 13.6. The van der Waals surface area contributed by atoms with Crippen molar-refractivity contribution in [2.75, 3.05) is 6.61 Å². The predicted molar refractivity (Wildman–Crippen MR) is 113 cm³/mol. The van der Waals surface area contributed by atoms with E-state index >= 15 is 0 Å². The summed E-state index contributed by atoms with van der Waals surface area (Å²) in [5.74, 6) is -1.03. The second-order valence-corrected chi connectivity index (χ2v) is 11.0. The number of aliphatic hydroxyl groups is 1. The molecule has 0 aliphatic heterocycles. The first kappa shape index (κ1) is 22.6. The second-order valence-electron chi connectivity index (χ2n) is 11.0. The molecule has 0 aromatic heterocycles. The summed E-state index contributed by atoms with van der Waals surface area (Å²) in [5.41, 5.74) is -0.482. The van der Waals surface area contributed by atoms with Crippen molar-refractivity contribution in [3.05, 3.63) is 0 Å². The molecule has 172 valence electrons. The molecule has 0 unspecified atom stereocenters. The lowest BCUT2D eigenvalue weighted by Crippen LogP contribution is -2.58. The van der Waals surface area contributed by atoms with Gasteiger partial charge in [0.1, 0.15) is 11.6 Å². The Morgan fingerprint density at radius 1 is 1.06 bits per heavy atom. The Hall–Kier alpha value is -1.56. The highest BCUT2D eigenvalue weighted by Gasteiger charge is 2.64. The van der Waals surface area contributed by atoms with Crippen LogP contribution in [-0.2, 0) is 23.9 Å². The van der Waals surface area contributed by atoms with Gasteiger partial charge in [-0.15, -0.1) is 0 Å². The predicted octanol–water partition coefficient (Wildman–Crippen LogP) is 3.28. The third-order valence-electron chi connectivity index (χ3n) is 9.55. The van der Waals surface area contributed by atoms with Crippen LogP contribution in [0.2, 0.25) is 0 Å². The van der Waals surface area contributed by atoms with Gasteiger partial charge in [0.05, 0.1) is 19.1 Å². The largest absolute Gasteiger partial charge is 0.460 e. The van der Waals surface area contributed by atoms with Gasteiger partial charge in [-0.2, -0.15) is 0 Å². The van der Waals surface area contributed by atoms with Gasteiger partial charge in [-0.05, 0) is 80.5 Å². The van der Waals surface area contributed by atoms with E-state index in [9.17, 15) is 24.3 Å². The summed E-state index contributed by atoms with van der Waals surface area (Å²) in [6.45, 7) is 6.06. The lowest BCUT2D eigenvalue weighted by atomic mass is 9.44. The molecular formula is C25H36O6. The number of hydrogen-bond donors (Lipinski definition) is 1. The zero-order chi connectivity index (χ0) is 22.6. The summed E-state index contributed by atoms with van der Waals surface area (Å²) >= 11 is 0. The van der Waals surface area contributed by atoms with Gasteiger partial charge in [-0.1, -0.05) is 13.8 Å². The number of fused-ring (bicyclic) bond motifs is 5. The highest BCUT2D eigenvalue weighted by molar-refractivity contribution is 6.37. The molecular weight excluding hydrogens is 396 g/mol. The summed E-state index contributed by atoms with van der Waals surface area (Å²) in [6, 6.07) is 0. The maximum Gasteiger partial charge on any atom is 0.375 e. The topological polar surface area (TPSA) is 97.7 Å². The van der Waals surface area contributed by atoms with E-state index < -0.39 is 23.6 Å². The fourth-order valence-corrected chi connectivity index (χ4v) is 8.14. The van der Waals surface area contributed by atoms with E-state index in [1.807, 2.05) is 0 Å². The summed E-state index contributed by atoms with van der Waals surface area (Å²) in [4.78, 5) is 50.4. The van der Waals surface area contributed by atoms with E-state index in [2.05, 4.69) is 13.8 Å². The fraction of sp³-hybridized carbons (Fsp3) is 0.840. The molecule has 8 atom stereocenters. The number of ketones is 3. The Kier molecular flexibility index (Phi) is 5.91. The van der Waals surface area contributed by atoms with Gasteiger partial charge < -0.3 is 9.84 Å². The van der Waals surface area contributed by atoms with Crippen molar-refractivity contribution in [2.24, 2.45) is 40.4 Å². The standard InChI is InChI=1S/C25H36O6/c1-4-31-23(30)20(28)12-19(27)18-8-7-17-16-6-5-14-11-15(26)9-10-24(14,2)22(16)21(29)13-25(17,18)3/h14-18,22,26H,4-13H2,1-3H3/t14-,15+,16-,17-,18+,22+,24-,25-/m0/s1. The van der Waals surface area contributed by atoms with E-state index in [0.29, 0.717) is 24.7 Å². The van der Waals surface area contributed by atoms with Gasteiger partial charge in [0.25, 0.3) is 0 Å². The Morgan fingerprint density at radius 2 is 1.81 bits per heavy atom. The molecule has 31 heavy (non-hydrogen) atoms. The van der Waals surface area contributed by atoms with Crippen molar-refractivity contribution in [1.29, 1.82) is 0 Å². The minimum Gasteiger partial charge on any atom is -0.460 e. The van der Waals surface area contributed by atoms with Crippen molar-refractivity contribution < 1.29 is 29.0 Å². The molecule has 4 aliphatic rings. The highest BCUT2D eigenvalue weighted by Crippen LogP contribution is 2.66. The Balaban J connectivity index is 1.54. The molecule has 0 saturated heterocycles. The van der Waals surface area contributed by atoms with E-state index in [1.54, 1.807) is 6.92 Å². The first-order valence-corrected chi connectivity index (χ1v) is 12.0. The van der Waals surface area contributed by atoms with Crippen LogP contribution in [0.4, 0.5) is 0 Å². The molecule has 0 radical (unpaired) electrons. The smallest absolute Gasteiger partial charge is 0.375 e. The number of Topliss-reactive ketones (excluding diaryl/α,β-unsaturated/α-hetero) is 3. The van der Waals surface area contributed by atoms with Gasteiger partial charge in [0, 0.05) is 18.3 Å². The zero-order valence-corrected chi connectivity index (χ0v) is 19.0. The molecule has 0 heterocycles. The van der Waals surface area contributed by atoms with Gasteiger partial charge in [0.2, 0.25) is 5.78 Å². The number of carbonyl (C=O) groups is 4. The molecule has 0 aromatic carbocycles. The van der Waals surface area contributed by atoms with Crippen LogP contribution in [0, 0.1) is 40.4 Å². The van der Waals surface area contributed by atoms with Crippen LogP contribution in [0.1, 0.15) is 78.6 Å². The highest BCUT2D eigenvalue weighted by atomic mass is 16.5. The molecule has 4 aliphatic carbocycles. The molecule has 0 spiro atoms. The number of ether oxygens (including phenoxy) is 1. The van der Waals surface area contributed by atoms with Crippen LogP contribution in [0.5, 0.6) is 0 Å². The lowest BCUT2D eigenvalue weighted by Gasteiger charge is -2.59. The van der Waals surface area contributed by atoms with E-state index in [0.717, 1.165) is 38.5 Å². The minimum atomic E-state index is -0.943. The van der Waals surface area contributed by atoms with Crippen LogP contribution >= 0.6 is 0 Å². The van der Waals surface area contributed by atoms with Crippen molar-refractivity contribution in [2.45, 2.75) is 84.7 Å². The van der Waals surface area contributed by atoms with Gasteiger partial charge >= 0.3 is 5.97 Å². The molecule has 0 amide bonds. The summed E-state index contributed by atoms with van der Waals surface area (Å²) in [7, 11) is 0.